The van der Waals surface area contributed by atoms with Crippen LogP contribution in [0.3, 0.4) is 0 Å². The molecule has 1 aliphatic carbocycles. The van der Waals surface area contributed by atoms with Crippen LogP contribution in [0.2, 0.25) is 0 Å². The molecular formula is C10H12N2O2. The van der Waals surface area contributed by atoms with E-state index in [1.54, 1.807) is 12.3 Å². The average molecular weight is 192 g/mol. The Morgan fingerprint density at radius 3 is 3.07 bits per heavy atom. The second-order valence-electron chi connectivity index (χ2n) is 3.96. The summed E-state index contributed by atoms with van der Waals surface area (Å²) in [4.78, 5) is 4.19. The molecule has 0 bridgehead atoms. The maximum atomic E-state index is 5.82. The van der Waals surface area contributed by atoms with Crippen molar-refractivity contribution in [1.29, 1.82) is 0 Å². The number of nitrogens with zero attached hydrogens (tertiary/aromatic N) is 1. The Morgan fingerprint density at radius 2 is 2.29 bits per heavy atom. The zero-order chi connectivity index (χ0) is 9.60. The van der Waals surface area contributed by atoms with E-state index < -0.39 is 0 Å². The highest BCUT2D eigenvalue weighted by Gasteiger charge is 2.47. The molecule has 4 heteroatoms. The molecule has 1 aromatic rings. The van der Waals surface area contributed by atoms with E-state index in [2.05, 4.69) is 4.98 Å². The summed E-state index contributed by atoms with van der Waals surface area (Å²) in [6.45, 7) is 1.17. The summed E-state index contributed by atoms with van der Waals surface area (Å²) in [5.74, 6) is 0.653. The van der Waals surface area contributed by atoms with Crippen molar-refractivity contribution >= 4 is 5.69 Å². The number of pyridine rings is 1. The predicted octanol–water partition coefficient (Wildman–Crippen LogP) is 1.11. The lowest BCUT2D eigenvalue weighted by Gasteiger charge is -2.13. The quantitative estimate of drug-likeness (QED) is 0.668. The minimum atomic E-state index is -0.0912. The standard InChI is InChI=1S/C10H12N2O2/c11-8-1-4-12-9-7(8)5-13-6-10(14-9)2-3-10/h1,4H,2-3,5-6H2,(H2,11,12). The zero-order valence-electron chi connectivity index (χ0n) is 7.82. The Morgan fingerprint density at radius 1 is 1.43 bits per heavy atom. The minimum Gasteiger partial charge on any atom is -0.468 e. The summed E-state index contributed by atoms with van der Waals surface area (Å²) in [5.41, 5.74) is 7.32. The van der Waals surface area contributed by atoms with Gasteiger partial charge in [-0.1, -0.05) is 0 Å². The number of anilines is 1. The first-order valence-corrected chi connectivity index (χ1v) is 4.79. The molecule has 0 unspecified atom stereocenters. The summed E-state index contributed by atoms with van der Waals surface area (Å²) >= 11 is 0. The van der Waals surface area contributed by atoms with Crippen LogP contribution in [0.5, 0.6) is 5.88 Å². The van der Waals surface area contributed by atoms with E-state index in [1.165, 1.54) is 0 Å². The lowest BCUT2D eigenvalue weighted by atomic mass is 10.2. The molecule has 2 heterocycles. The van der Waals surface area contributed by atoms with Crippen molar-refractivity contribution in [1.82, 2.24) is 4.98 Å². The Balaban J connectivity index is 2.03. The first-order chi connectivity index (χ1) is 6.79. The largest absolute Gasteiger partial charge is 0.468 e. The van der Waals surface area contributed by atoms with Gasteiger partial charge in [0.2, 0.25) is 5.88 Å². The lowest BCUT2D eigenvalue weighted by molar-refractivity contribution is 0.0446. The van der Waals surface area contributed by atoms with Crippen molar-refractivity contribution in [3.8, 4) is 5.88 Å². The predicted molar refractivity (Wildman–Crippen MR) is 50.9 cm³/mol. The Kier molecular flexibility index (Phi) is 1.50. The van der Waals surface area contributed by atoms with Crippen molar-refractivity contribution in [2.45, 2.75) is 25.0 Å². The van der Waals surface area contributed by atoms with Crippen LogP contribution >= 0.6 is 0 Å². The van der Waals surface area contributed by atoms with Crippen LogP contribution in [0.4, 0.5) is 5.69 Å². The van der Waals surface area contributed by atoms with Crippen LogP contribution in [0.1, 0.15) is 18.4 Å². The van der Waals surface area contributed by atoms with Crippen LogP contribution in [0, 0.1) is 0 Å². The summed E-state index contributed by atoms with van der Waals surface area (Å²) in [5, 5.41) is 0. The zero-order valence-corrected chi connectivity index (χ0v) is 7.82. The molecule has 1 fully saturated rings. The molecule has 0 aromatic carbocycles. The van der Waals surface area contributed by atoms with Crippen LogP contribution < -0.4 is 10.5 Å². The van der Waals surface area contributed by atoms with Crippen molar-refractivity contribution < 1.29 is 9.47 Å². The maximum Gasteiger partial charge on any atom is 0.221 e. The average Bonchev–Trinajstić information content (AvgIpc) is 2.93. The Labute approximate surface area is 82.0 Å². The SMILES string of the molecule is Nc1ccnc2c1COCC1(CC1)O2. The fraction of sp³-hybridized carbons (Fsp3) is 0.500. The van der Waals surface area contributed by atoms with Crippen LogP contribution in [-0.4, -0.2) is 17.2 Å². The highest BCUT2D eigenvalue weighted by atomic mass is 16.6. The molecule has 2 N–H and O–H groups in total. The van der Waals surface area contributed by atoms with Crippen molar-refractivity contribution in [3.05, 3.63) is 17.8 Å². The highest BCUT2D eigenvalue weighted by molar-refractivity contribution is 5.51. The van der Waals surface area contributed by atoms with Crippen LogP contribution in [0.25, 0.3) is 0 Å². The van der Waals surface area contributed by atoms with Gasteiger partial charge in [0.25, 0.3) is 0 Å². The molecule has 1 aromatic heterocycles. The fourth-order valence-electron chi connectivity index (χ4n) is 1.68. The van der Waals surface area contributed by atoms with Crippen LogP contribution in [-0.2, 0) is 11.3 Å². The topological polar surface area (TPSA) is 57.4 Å². The molecule has 0 radical (unpaired) electrons. The number of hydrogen-bond acceptors (Lipinski definition) is 4. The number of rotatable bonds is 0. The summed E-state index contributed by atoms with van der Waals surface area (Å²) in [6, 6.07) is 1.77. The second kappa shape index (κ2) is 2.60. The van der Waals surface area contributed by atoms with Crippen LogP contribution in [0.15, 0.2) is 12.3 Å². The number of fused-ring (bicyclic) bond motifs is 1. The number of nitrogens with two attached hydrogens (primary N) is 1. The minimum absolute atomic E-state index is 0.0912. The molecule has 4 nitrogen and oxygen atoms in total. The van der Waals surface area contributed by atoms with Crippen molar-refractivity contribution in [2.75, 3.05) is 12.3 Å². The van der Waals surface area contributed by atoms with Crippen molar-refractivity contribution in [2.24, 2.45) is 0 Å². The van der Waals surface area contributed by atoms with Gasteiger partial charge in [0.15, 0.2) is 0 Å². The van der Waals surface area contributed by atoms with E-state index in [0.717, 1.165) is 18.4 Å². The molecule has 2 aliphatic rings. The summed E-state index contributed by atoms with van der Waals surface area (Å²) in [7, 11) is 0. The Hall–Kier alpha value is -1.29. The van der Waals surface area contributed by atoms with Gasteiger partial charge in [-0.2, -0.15) is 0 Å². The van der Waals surface area contributed by atoms with Gasteiger partial charge in [-0.05, 0) is 18.9 Å². The number of nitrogen functional groups attached to an aromatic ring is 1. The fourth-order valence-corrected chi connectivity index (χ4v) is 1.68. The van der Waals surface area contributed by atoms with Gasteiger partial charge in [0, 0.05) is 11.9 Å². The maximum absolute atomic E-state index is 5.82. The third-order valence-corrected chi connectivity index (χ3v) is 2.78. The Bertz CT molecular complexity index is 374. The smallest absolute Gasteiger partial charge is 0.221 e. The summed E-state index contributed by atoms with van der Waals surface area (Å²) < 4.78 is 11.4. The third-order valence-electron chi connectivity index (χ3n) is 2.78. The first-order valence-electron chi connectivity index (χ1n) is 4.79. The van der Waals surface area contributed by atoms with Gasteiger partial charge in [0.1, 0.15) is 5.60 Å². The monoisotopic (exact) mass is 192 g/mol. The molecule has 1 spiro atoms. The number of ether oxygens (including phenoxy) is 2. The second-order valence-corrected chi connectivity index (χ2v) is 3.96. The molecule has 3 rings (SSSR count). The van der Waals surface area contributed by atoms with Gasteiger partial charge in [-0.25, -0.2) is 4.98 Å². The van der Waals surface area contributed by atoms with E-state index in [0.29, 0.717) is 24.8 Å². The van der Waals surface area contributed by atoms with Gasteiger partial charge in [-0.3, -0.25) is 0 Å². The molecule has 1 saturated carbocycles. The molecule has 74 valence electrons. The molecular weight excluding hydrogens is 180 g/mol. The molecule has 14 heavy (non-hydrogen) atoms. The first kappa shape index (κ1) is 8.05. The van der Waals surface area contributed by atoms with Gasteiger partial charge in [-0.15, -0.1) is 0 Å². The number of hydrogen-bond donors (Lipinski definition) is 1. The highest BCUT2D eigenvalue weighted by Crippen LogP contribution is 2.43. The molecule has 0 amide bonds. The van der Waals surface area contributed by atoms with E-state index >= 15 is 0 Å². The normalized spacial score (nSPS) is 22.3. The van der Waals surface area contributed by atoms with Gasteiger partial charge >= 0.3 is 0 Å². The lowest BCUT2D eigenvalue weighted by Crippen LogP contribution is -2.22. The third kappa shape index (κ3) is 1.14. The van der Waals surface area contributed by atoms with E-state index in [4.69, 9.17) is 15.2 Å². The molecule has 0 saturated heterocycles. The number of aromatic nitrogens is 1. The van der Waals surface area contributed by atoms with Gasteiger partial charge in [0.05, 0.1) is 18.8 Å². The van der Waals surface area contributed by atoms with E-state index in [9.17, 15) is 0 Å². The van der Waals surface area contributed by atoms with Gasteiger partial charge < -0.3 is 15.2 Å². The summed E-state index contributed by atoms with van der Waals surface area (Å²) in [6.07, 6.45) is 3.79. The van der Waals surface area contributed by atoms with E-state index in [-0.39, 0.29) is 5.60 Å². The molecule has 1 aliphatic heterocycles. The van der Waals surface area contributed by atoms with E-state index in [1.807, 2.05) is 0 Å². The van der Waals surface area contributed by atoms with Crippen molar-refractivity contribution in [3.63, 3.8) is 0 Å². The molecule has 0 atom stereocenters.